The predicted molar refractivity (Wildman–Crippen MR) is 75.1 cm³/mol. The third-order valence-corrected chi connectivity index (χ3v) is 2.49. The Hall–Kier alpha value is -1.95. The summed E-state index contributed by atoms with van der Waals surface area (Å²) in [6.45, 7) is 1.38. The van der Waals surface area contributed by atoms with Gasteiger partial charge in [0.15, 0.2) is 11.5 Å². The number of likely N-dealkylation sites (N-methyl/N-ethyl adjacent to an activating group) is 1. The summed E-state index contributed by atoms with van der Waals surface area (Å²) < 4.78 is 10.3. The van der Waals surface area contributed by atoms with Crippen LogP contribution in [0.2, 0.25) is 0 Å². The molecule has 0 radical (unpaired) electrons. The van der Waals surface area contributed by atoms with Crippen molar-refractivity contribution in [1.82, 2.24) is 10.2 Å². The summed E-state index contributed by atoms with van der Waals surface area (Å²) in [5.41, 5.74) is 0.653. The van der Waals surface area contributed by atoms with E-state index in [2.05, 4.69) is 10.6 Å². The summed E-state index contributed by atoms with van der Waals surface area (Å²) in [7, 11) is 7.03. The van der Waals surface area contributed by atoms with E-state index in [1.54, 1.807) is 32.4 Å². The fourth-order valence-corrected chi connectivity index (χ4v) is 1.48. The number of hydrogen-bond donors (Lipinski definition) is 2. The van der Waals surface area contributed by atoms with E-state index in [0.29, 0.717) is 23.7 Å². The second kappa shape index (κ2) is 7.48. The fourth-order valence-electron chi connectivity index (χ4n) is 1.48. The van der Waals surface area contributed by atoms with Crippen LogP contribution in [0.25, 0.3) is 0 Å². The highest BCUT2D eigenvalue weighted by atomic mass is 16.5. The zero-order valence-electron chi connectivity index (χ0n) is 11.8. The molecule has 1 aromatic rings. The van der Waals surface area contributed by atoms with E-state index in [1.807, 2.05) is 19.0 Å². The Bertz CT molecular complexity index is 422. The molecule has 6 nitrogen and oxygen atoms in total. The Morgan fingerprint density at radius 1 is 1.21 bits per heavy atom. The van der Waals surface area contributed by atoms with E-state index in [0.717, 1.165) is 6.54 Å². The van der Waals surface area contributed by atoms with Crippen molar-refractivity contribution in [2.45, 2.75) is 0 Å². The van der Waals surface area contributed by atoms with Gasteiger partial charge in [-0.3, -0.25) is 0 Å². The largest absolute Gasteiger partial charge is 0.493 e. The maximum Gasteiger partial charge on any atom is 0.319 e. The Balaban J connectivity index is 2.54. The minimum atomic E-state index is -0.242. The average Bonchev–Trinajstić information content (AvgIpc) is 2.38. The first-order valence-corrected chi connectivity index (χ1v) is 5.98. The van der Waals surface area contributed by atoms with Crippen LogP contribution in [0, 0.1) is 0 Å². The Labute approximate surface area is 113 Å². The van der Waals surface area contributed by atoms with Crippen LogP contribution in [0.4, 0.5) is 10.5 Å². The van der Waals surface area contributed by atoms with Crippen molar-refractivity contribution in [3.8, 4) is 11.5 Å². The fraction of sp³-hybridized carbons (Fsp3) is 0.462. The van der Waals surface area contributed by atoms with Crippen LogP contribution >= 0.6 is 0 Å². The molecule has 0 bridgehead atoms. The SMILES string of the molecule is COc1ccc(NC(=O)NCCN(C)C)cc1OC. The van der Waals surface area contributed by atoms with Crippen molar-refractivity contribution < 1.29 is 14.3 Å². The number of anilines is 1. The molecular formula is C13H21N3O3. The second-order valence-electron chi connectivity index (χ2n) is 4.25. The molecular weight excluding hydrogens is 246 g/mol. The molecule has 1 aromatic carbocycles. The van der Waals surface area contributed by atoms with Crippen LogP contribution in [0.15, 0.2) is 18.2 Å². The molecule has 0 aromatic heterocycles. The molecule has 0 saturated heterocycles. The molecule has 6 heteroatoms. The molecule has 0 aliphatic carbocycles. The number of benzene rings is 1. The summed E-state index contributed by atoms with van der Waals surface area (Å²) in [6, 6.07) is 4.97. The first-order chi connectivity index (χ1) is 9.06. The number of hydrogen-bond acceptors (Lipinski definition) is 4. The highest BCUT2D eigenvalue weighted by molar-refractivity contribution is 5.89. The van der Waals surface area contributed by atoms with Gasteiger partial charge in [0, 0.05) is 24.8 Å². The molecule has 0 atom stereocenters. The van der Waals surface area contributed by atoms with Crippen molar-refractivity contribution in [2.75, 3.05) is 46.7 Å². The Kier molecular flexibility index (Phi) is 5.95. The van der Waals surface area contributed by atoms with Gasteiger partial charge >= 0.3 is 6.03 Å². The molecule has 1 rings (SSSR count). The third kappa shape index (κ3) is 5.05. The number of nitrogens with zero attached hydrogens (tertiary/aromatic N) is 1. The minimum absolute atomic E-state index is 0.242. The summed E-state index contributed by atoms with van der Waals surface area (Å²) >= 11 is 0. The van der Waals surface area contributed by atoms with Crippen molar-refractivity contribution in [3.63, 3.8) is 0 Å². The van der Waals surface area contributed by atoms with Crippen molar-refractivity contribution in [2.24, 2.45) is 0 Å². The van der Waals surface area contributed by atoms with E-state index in [-0.39, 0.29) is 6.03 Å². The lowest BCUT2D eigenvalue weighted by Gasteiger charge is -2.12. The summed E-state index contributed by atoms with van der Waals surface area (Å²) in [5, 5.41) is 5.50. The number of nitrogens with one attached hydrogen (secondary N) is 2. The standard InChI is InChI=1S/C13H21N3O3/c1-16(2)8-7-14-13(17)15-10-5-6-11(18-3)12(9-10)19-4/h5-6,9H,7-8H2,1-4H3,(H2,14,15,17). The van der Waals surface area contributed by atoms with E-state index < -0.39 is 0 Å². The number of carbonyl (C=O) groups is 1. The van der Waals surface area contributed by atoms with Gasteiger partial charge in [0.1, 0.15) is 0 Å². The molecule has 0 spiro atoms. The molecule has 19 heavy (non-hydrogen) atoms. The van der Waals surface area contributed by atoms with Gasteiger partial charge in [0.25, 0.3) is 0 Å². The lowest BCUT2D eigenvalue weighted by atomic mass is 10.3. The van der Waals surface area contributed by atoms with Crippen LogP contribution in [0.3, 0.4) is 0 Å². The number of ether oxygens (including phenoxy) is 2. The second-order valence-corrected chi connectivity index (χ2v) is 4.25. The van der Waals surface area contributed by atoms with Gasteiger partial charge in [-0.1, -0.05) is 0 Å². The van der Waals surface area contributed by atoms with Crippen LogP contribution < -0.4 is 20.1 Å². The lowest BCUT2D eigenvalue weighted by Crippen LogP contribution is -2.34. The summed E-state index contributed by atoms with van der Waals surface area (Å²) in [6.07, 6.45) is 0. The van der Waals surface area contributed by atoms with Crippen molar-refractivity contribution in [3.05, 3.63) is 18.2 Å². The molecule has 106 valence electrons. The van der Waals surface area contributed by atoms with Gasteiger partial charge in [-0.25, -0.2) is 4.79 Å². The highest BCUT2D eigenvalue weighted by Crippen LogP contribution is 2.29. The van der Waals surface area contributed by atoms with Gasteiger partial charge in [0.05, 0.1) is 14.2 Å². The van der Waals surface area contributed by atoms with Gasteiger partial charge in [0.2, 0.25) is 0 Å². The Morgan fingerprint density at radius 3 is 2.47 bits per heavy atom. The third-order valence-electron chi connectivity index (χ3n) is 2.49. The maximum atomic E-state index is 11.6. The number of methoxy groups -OCH3 is 2. The smallest absolute Gasteiger partial charge is 0.319 e. The molecule has 0 unspecified atom stereocenters. The number of carbonyl (C=O) groups excluding carboxylic acids is 1. The van der Waals surface area contributed by atoms with E-state index in [9.17, 15) is 4.79 Å². The normalized spacial score (nSPS) is 10.2. The van der Waals surface area contributed by atoms with Gasteiger partial charge < -0.3 is 25.0 Å². The molecule has 0 aliphatic heterocycles. The zero-order valence-corrected chi connectivity index (χ0v) is 11.8. The van der Waals surface area contributed by atoms with Crippen LogP contribution in [-0.4, -0.2) is 52.3 Å². The van der Waals surface area contributed by atoms with E-state index in [1.165, 1.54) is 0 Å². The molecule has 0 heterocycles. The molecule has 0 saturated carbocycles. The number of urea groups is 1. The zero-order chi connectivity index (χ0) is 14.3. The minimum Gasteiger partial charge on any atom is -0.493 e. The van der Waals surface area contributed by atoms with Gasteiger partial charge in [-0.15, -0.1) is 0 Å². The van der Waals surface area contributed by atoms with Gasteiger partial charge in [-0.2, -0.15) is 0 Å². The van der Waals surface area contributed by atoms with Crippen molar-refractivity contribution in [1.29, 1.82) is 0 Å². The van der Waals surface area contributed by atoms with Crippen LogP contribution in [0.1, 0.15) is 0 Å². The molecule has 2 amide bonds. The topological polar surface area (TPSA) is 62.8 Å². The quantitative estimate of drug-likeness (QED) is 0.817. The molecule has 2 N–H and O–H groups in total. The highest BCUT2D eigenvalue weighted by Gasteiger charge is 2.06. The average molecular weight is 267 g/mol. The van der Waals surface area contributed by atoms with E-state index >= 15 is 0 Å². The summed E-state index contributed by atoms with van der Waals surface area (Å²) in [4.78, 5) is 13.6. The Morgan fingerprint density at radius 2 is 1.89 bits per heavy atom. The number of rotatable bonds is 6. The van der Waals surface area contributed by atoms with Crippen LogP contribution in [0.5, 0.6) is 11.5 Å². The van der Waals surface area contributed by atoms with E-state index in [4.69, 9.17) is 9.47 Å². The molecule has 0 aliphatic rings. The lowest BCUT2D eigenvalue weighted by molar-refractivity contribution is 0.250. The van der Waals surface area contributed by atoms with Crippen LogP contribution in [-0.2, 0) is 0 Å². The first kappa shape index (κ1) is 15.1. The summed E-state index contributed by atoms with van der Waals surface area (Å²) in [5.74, 6) is 1.20. The molecule has 0 fully saturated rings. The monoisotopic (exact) mass is 267 g/mol. The first-order valence-electron chi connectivity index (χ1n) is 5.98. The maximum absolute atomic E-state index is 11.6. The van der Waals surface area contributed by atoms with Crippen molar-refractivity contribution >= 4 is 11.7 Å². The predicted octanol–water partition coefficient (Wildman–Crippen LogP) is 1.39. The van der Waals surface area contributed by atoms with Gasteiger partial charge in [-0.05, 0) is 26.2 Å². The number of amides is 2.